The van der Waals surface area contributed by atoms with Crippen LogP contribution in [-0.2, 0) is 4.79 Å². The molecule has 124 valence electrons. The molecule has 1 amide bonds. The number of unbranched alkanes of at least 4 members (excludes halogenated alkanes) is 2. The van der Waals surface area contributed by atoms with Gasteiger partial charge in [-0.1, -0.05) is 26.7 Å². The summed E-state index contributed by atoms with van der Waals surface area (Å²) in [6, 6.07) is 0.235. The second-order valence-corrected chi connectivity index (χ2v) is 6.58. The number of nitrogens with zero attached hydrogens (tertiary/aromatic N) is 2. The maximum atomic E-state index is 12.6. The summed E-state index contributed by atoms with van der Waals surface area (Å²) in [7, 11) is 0. The van der Waals surface area contributed by atoms with Gasteiger partial charge in [0.05, 0.1) is 6.54 Å². The number of carbonyl (C=O) groups is 1. The van der Waals surface area contributed by atoms with Gasteiger partial charge in [-0.15, -0.1) is 0 Å². The lowest BCUT2D eigenvalue weighted by molar-refractivity contribution is -0.133. The fraction of sp³-hybridized carbons (Fsp3) is 0.941. The van der Waals surface area contributed by atoms with Crippen LogP contribution >= 0.6 is 0 Å². The van der Waals surface area contributed by atoms with Gasteiger partial charge in [0.15, 0.2) is 0 Å². The molecule has 0 radical (unpaired) electrons. The van der Waals surface area contributed by atoms with E-state index >= 15 is 0 Å². The number of nitrogens with two attached hydrogens (primary N) is 1. The molecule has 1 rings (SSSR count). The molecule has 4 heteroatoms. The summed E-state index contributed by atoms with van der Waals surface area (Å²) in [5, 5.41) is 0. The van der Waals surface area contributed by atoms with Crippen molar-refractivity contribution in [1.82, 2.24) is 9.80 Å². The van der Waals surface area contributed by atoms with E-state index < -0.39 is 0 Å². The first-order chi connectivity index (χ1) is 10.1. The molecule has 0 aromatic heterocycles. The Labute approximate surface area is 131 Å². The van der Waals surface area contributed by atoms with E-state index in [9.17, 15) is 4.79 Å². The van der Waals surface area contributed by atoms with Crippen LogP contribution in [-0.4, -0.2) is 54.5 Å². The Morgan fingerprint density at radius 3 is 2.43 bits per heavy atom. The minimum absolute atomic E-state index is 0.235. The molecule has 0 saturated carbocycles. The summed E-state index contributed by atoms with van der Waals surface area (Å²) in [6.07, 6.45) is 6.88. The highest BCUT2D eigenvalue weighted by molar-refractivity contribution is 5.78. The molecule has 0 aliphatic carbocycles. The van der Waals surface area contributed by atoms with Crippen LogP contribution < -0.4 is 5.73 Å². The number of rotatable bonds is 9. The highest BCUT2D eigenvalue weighted by Gasteiger charge is 2.25. The number of likely N-dealkylation sites (tertiary alicyclic amines) is 1. The molecule has 1 aliphatic heterocycles. The Kier molecular flexibility index (Phi) is 8.93. The van der Waals surface area contributed by atoms with E-state index in [1.54, 1.807) is 0 Å². The number of carbonyl (C=O) groups excluding carboxylic acids is 1. The topological polar surface area (TPSA) is 49.6 Å². The van der Waals surface area contributed by atoms with Crippen LogP contribution in [0.5, 0.6) is 0 Å². The molecule has 4 nitrogen and oxygen atoms in total. The zero-order valence-corrected chi connectivity index (χ0v) is 14.3. The van der Waals surface area contributed by atoms with Crippen LogP contribution in [0.25, 0.3) is 0 Å². The second-order valence-electron chi connectivity index (χ2n) is 6.58. The molecule has 0 bridgehead atoms. The maximum Gasteiger partial charge on any atom is 0.236 e. The molecule has 1 aliphatic rings. The number of hydrogen-bond acceptors (Lipinski definition) is 3. The molecular weight excluding hydrogens is 262 g/mol. The average Bonchev–Trinajstić information content (AvgIpc) is 2.47. The highest BCUT2D eigenvalue weighted by atomic mass is 16.2. The highest BCUT2D eigenvalue weighted by Crippen LogP contribution is 2.18. The van der Waals surface area contributed by atoms with Crippen molar-refractivity contribution in [2.24, 2.45) is 11.7 Å². The van der Waals surface area contributed by atoms with E-state index in [1.807, 2.05) is 0 Å². The van der Waals surface area contributed by atoms with Gasteiger partial charge >= 0.3 is 0 Å². The van der Waals surface area contributed by atoms with Gasteiger partial charge in [0.1, 0.15) is 0 Å². The summed E-state index contributed by atoms with van der Waals surface area (Å²) in [4.78, 5) is 16.9. The van der Waals surface area contributed by atoms with Crippen LogP contribution in [0.4, 0.5) is 0 Å². The van der Waals surface area contributed by atoms with Crippen molar-refractivity contribution in [2.45, 2.75) is 65.3 Å². The molecule has 0 aromatic carbocycles. The van der Waals surface area contributed by atoms with Gasteiger partial charge in [-0.05, 0) is 45.1 Å². The third-order valence-electron chi connectivity index (χ3n) is 4.56. The Morgan fingerprint density at radius 1 is 1.29 bits per heavy atom. The van der Waals surface area contributed by atoms with Gasteiger partial charge < -0.3 is 10.6 Å². The molecule has 2 N–H and O–H groups in total. The molecule has 21 heavy (non-hydrogen) atoms. The summed E-state index contributed by atoms with van der Waals surface area (Å²) in [5.41, 5.74) is 6.03. The number of amides is 1. The monoisotopic (exact) mass is 297 g/mol. The smallest absolute Gasteiger partial charge is 0.236 e. The Morgan fingerprint density at radius 2 is 1.90 bits per heavy atom. The zero-order valence-electron chi connectivity index (χ0n) is 14.3. The van der Waals surface area contributed by atoms with Gasteiger partial charge in [0.2, 0.25) is 5.91 Å². The van der Waals surface area contributed by atoms with Crippen LogP contribution in [0, 0.1) is 5.92 Å². The largest absolute Gasteiger partial charge is 0.342 e. The maximum absolute atomic E-state index is 12.6. The van der Waals surface area contributed by atoms with Crippen molar-refractivity contribution in [3.63, 3.8) is 0 Å². The number of hydrogen-bond donors (Lipinski definition) is 1. The van der Waals surface area contributed by atoms with Gasteiger partial charge in [0, 0.05) is 25.7 Å². The summed E-state index contributed by atoms with van der Waals surface area (Å²) in [6.45, 7) is 10.9. The van der Waals surface area contributed by atoms with Crippen LogP contribution in [0.2, 0.25) is 0 Å². The van der Waals surface area contributed by atoms with Crippen molar-refractivity contribution in [1.29, 1.82) is 0 Å². The quantitative estimate of drug-likeness (QED) is 0.711. The Bertz CT molecular complexity index is 286. The lowest BCUT2D eigenvalue weighted by Gasteiger charge is -2.35. The predicted octanol–water partition coefficient (Wildman–Crippen LogP) is 2.47. The Balaban J connectivity index is 2.46. The van der Waals surface area contributed by atoms with Gasteiger partial charge in [-0.25, -0.2) is 0 Å². The minimum atomic E-state index is 0.235. The van der Waals surface area contributed by atoms with Gasteiger partial charge in [0.25, 0.3) is 0 Å². The summed E-state index contributed by atoms with van der Waals surface area (Å²) < 4.78 is 0. The molecule has 0 spiro atoms. The molecule has 1 saturated heterocycles. The second kappa shape index (κ2) is 10.2. The summed E-state index contributed by atoms with van der Waals surface area (Å²) >= 11 is 0. The van der Waals surface area contributed by atoms with Gasteiger partial charge in [-0.2, -0.15) is 0 Å². The lowest BCUT2D eigenvalue weighted by atomic mass is 9.92. The number of piperidine rings is 1. The molecule has 1 fully saturated rings. The summed E-state index contributed by atoms with van der Waals surface area (Å²) in [5.74, 6) is 0.855. The van der Waals surface area contributed by atoms with Crippen molar-refractivity contribution < 1.29 is 4.79 Å². The normalized spacial score (nSPS) is 21.2. The third-order valence-corrected chi connectivity index (χ3v) is 4.56. The van der Waals surface area contributed by atoms with Crippen molar-refractivity contribution >= 4 is 5.91 Å². The van der Waals surface area contributed by atoms with E-state index in [4.69, 9.17) is 5.73 Å². The zero-order chi connectivity index (χ0) is 15.7. The first-order valence-corrected chi connectivity index (χ1v) is 8.84. The molecule has 2 atom stereocenters. The van der Waals surface area contributed by atoms with Crippen molar-refractivity contribution in [3.05, 3.63) is 0 Å². The van der Waals surface area contributed by atoms with Crippen molar-refractivity contribution in [3.8, 4) is 0 Å². The average molecular weight is 297 g/mol. The molecule has 0 aromatic rings. The van der Waals surface area contributed by atoms with Crippen molar-refractivity contribution in [2.75, 3.05) is 32.7 Å². The predicted molar refractivity (Wildman–Crippen MR) is 89.2 cm³/mol. The van der Waals surface area contributed by atoms with Gasteiger partial charge in [-0.3, -0.25) is 9.69 Å². The van der Waals surface area contributed by atoms with E-state index in [0.717, 1.165) is 51.9 Å². The van der Waals surface area contributed by atoms with E-state index in [-0.39, 0.29) is 6.04 Å². The molecule has 1 heterocycles. The van der Waals surface area contributed by atoms with E-state index in [0.29, 0.717) is 18.4 Å². The van der Waals surface area contributed by atoms with Crippen LogP contribution in [0.3, 0.4) is 0 Å². The molecular formula is C17H35N3O. The molecule has 2 unspecified atom stereocenters. The Hall–Kier alpha value is -0.610. The van der Waals surface area contributed by atoms with Crippen LogP contribution in [0.1, 0.15) is 59.3 Å². The fourth-order valence-corrected chi connectivity index (χ4v) is 3.01. The third kappa shape index (κ3) is 6.79. The van der Waals surface area contributed by atoms with E-state index in [1.165, 1.54) is 12.8 Å². The lowest BCUT2D eigenvalue weighted by Crippen LogP contribution is -2.47. The standard InChI is InChI=1S/C17H35N3O/c1-4-6-11-20(12-7-5-2)17(21)14-19-10-8-9-16(13-19)15(3)18/h15-16H,4-14,18H2,1-3H3. The fourth-order valence-electron chi connectivity index (χ4n) is 3.01. The first-order valence-electron chi connectivity index (χ1n) is 8.84. The minimum Gasteiger partial charge on any atom is -0.342 e. The van der Waals surface area contributed by atoms with Crippen LogP contribution in [0.15, 0.2) is 0 Å². The van der Waals surface area contributed by atoms with E-state index in [2.05, 4.69) is 30.6 Å². The first kappa shape index (κ1) is 18.4. The SMILES string of the molecule is CCCCN(CCCC)C(=O)CN1CCCC(C(C)N)C1.